The summed E-state index contributed by atoms with van der Waals surface area (Å²) in [5.41, 5.74) is 1.87. The largest absolute Gasteiger partial charge is 0.481 e. The fourth-order valence-corrected chi connectivity index (χ4v) is 1.29. The van der Waals surface area contributed by atoms with Crippen molar-refractivity contribution in [1.82, 2.24) is 4.98 Å². The Balaban J connectivity index is 3.04. The Kier molecular flexibility index (Phi) is 2.84. The predicted octanol–water partition coefficient (Wildman–Crippen LogP) is 1.02. The first-order chi connectivity index (χ1) is 6.19. The maximum atomic E-state index is 10.5. The Morgan fingerprint density at radius 1 is 1.69 bits per heavy atom. The van der Waals surface area contributed by atoms with Gasteiger partial charge in [-0.15, -0.1) is 0 Å². The van der Waals surface area contributed by atoms with Crippen molar-refractivity contribution >= 4 is 12.3 Å². The highest BCUT2D eigenvalue weighted by molar-refractivity contribution is 5.80. The van der Waals surface area contributed by atoms with E-state index in [4.69, 9.17) is 5.11 Å². The maximum Gasteiger partial charge on any atom is 0.307 e. The van der Waals surface area contributed by atoms with Crippen molar-refractivity contribution in [3.05, 3.63) is 23.0 Å². The van der Waals surface area contributed by atoms with Gasteiger partial charge in [0.05, 0.1) is 12.1 Å². The zero-order valence-electron chi connectivity index (χ0n) is 7.33. The smallest absolute Gasteiger partial charge is 0.307 e. The number of carbonyl (C=O) groups is 2. The van der Waals surface area contributed by atoms with E-state index in [-0.39, 0.29) is 6.42 Å². The molecule has 4 heteroatoms. The van der Waals surface area contributed by atoms with Crippen molar-refractivity contribution in [2.45, 2.75) is 19.8 Å². The van der Waals surface area contributed by atoms with Gasteiger partial charge in [0.25, 0.3) is 0 Å². The van der Waals surface area contributed by atoms with Crippen LogP contribution in [0.15, 0.2) is 6.20 Å². The minimum absolute atomic E-state index is 0.0965. The van der Waals surface area contributed by atoms with Gasteiger partial charge in [0, 0.05) is 6.20 Å². The van der Waals surface area contributed by atoms with Crippen LogP contribution in [0.4, 0.5) is 0 Å². The van der Waals surface area contributed by atoms with Crippen molar-refractivity contribution in [2.24, 2.45) is 0 Å². The highest BCUT2D eigenvalue weighted by atomic mass is 16.4. The molecule has 1 aromatic heterocycles. The number of carboxylic acids is 1. The van der Waals surface area contributed by atoms with Crippen LogP contribution in [0.2, 0.25) is 0 Å². The van der Waals surface area contributed by atoms with Gasteiger partial charge in [-0.2, -0.15) is 0 Å². The molecule has 70 valence electrons. The van der Waals surface area contributed by atoms with E-state index >= 15 is 0 Å². The van der Waals surface area contributed by atoms with Gasteiger partial charge in [-0.3, -0.25) is 9.59 Å². The third-order valence-electron chi connectivity index (χ3n) is 1.94. The van der Waals surface area contributed by atoms with Crippen LogP contribution in [0.5, 0.6) is 0 Å². The number of aromatic nitrogens is 1. The van der Waals surface area contributed by atoms with Crippen molar-refractivity contribution < 1.29 is 14.7 Å². The summed E-state index contributed by atoms with van der Waals surface area (Å²) in [6.07, 6.45) is 2.97. The van der Waals surface area contributed by atoms with E-state index in [1.54, 1.807) is 6.20 Å². The molecule has 0 fully saturated rings. The number of aromatic amines is 1. The lowest BCUT2D eigenvalue weighted by atomic mass is 10.1. The number of carbonyl (C=O) groups excluding carboxylic acids is 1. The molecule has 0 amide bonds. The first-order valence-electron chi connectivity index (χ1n) is 4.05. The number of aryl methyl sites for hydroxylation is 1. The van der Waals surface area contributed by atoms with Crippen molar-refractivity contribution in [1.29, 1.82) is 0 Å². The summed E-state index contributed by atoms with van der Waals surface area (Å²) in [6.45, 7) is 1.92. The molecule has 1 aromatic rings. The normalized spacial score (nSPS) is 9.92. The Morgan fingerprint density at radius 3 is 2.85 bits per heavy atom. The standard InChI is InChI=1S/C9H11NO3/c1-2-6-4-10-8(5-11)7(6)3-9(12)13/h4-5,10H,2-3H2,1H3,(H,12,13). The van der Waals surface area contributed by atoms with E-state index in [0.717, 1.165) is 12.0 Å². The van der Waals surface area contributed by atoms with Crippen LogP contribution in [0.25, 0.3) is 0 Å². The summed E-state index contributed by atoms with van der Waals surface area (Å²) in [4.78, 5) is 23.7. The van der Waals surface area contributed by atoms with Gasteiger partial charge in [-0.05, 0) is 17.5 Å². The van der Waals surface area contributed by atoms with Crippen molar-refractivity contribution in [3.63, 3.8) is 0 Å². The third-order valence-corrected chi connectivity index (χ3v) is 1.94. The second-order valence-electron chi connectivity index (χ2n) is 2.75. The molecule has 0 aliphatic heterocycles. The summed E-state index contributed by atoms with van der Waals surface area (Å²) >= 11 is 0. The Hall–Kier alpha value is -1.58. The molecule has 0 saturated carbocycles. The maximum absolute atomic E-state index is 10.5. The summed E-state index contributed by atoms with van der Waals surface area (Å²) < 4.78 is 0. The molecule has 0 atom stereocenters. The number of H-pyrrole nitrogens is 1. The zero-order valence-corrected chi connectivity index (χ0v) is 7.33. The summed E-state index contributed by atoms with van der Waals surface area (Å²) in [7, 11) is 0. The van der Waals surface area contributed by atoms with Gasteiger partial charge in [0.2, 0.25) is 0 Å². The second-order valence-corrected chi connectivity index (χ2v) is 2.75. The summed E-state index contributed by atoms with van der Waals surface area (Å²) in [6, 6.07) is 0. The predicted molar refractivity (Wildman–Crippen MR) is 46.9 cm³/mol. The highest BCUT2D eigenvalue weighted by Crippen LogP contribution is 2.14. The molecule has 0 unspecified atom stereocenters. The van der Waals surface area contributed by atoms with Gasteiger partial charge in [-0.1, -0.05) is 6.92 Å². The molecule has 0 spiro atoms. The van der Waals surface area contributed by atoms with E-state index < -0.39 is 5.97 Å². The molecule has 2 N–H and O–H groups in total. The lowest BCUT2D eigenvalue weighted by molar-refractivity contribution is -0.136. The van der Waals surface area contributed by atoms with Gasteiger partial charge >= 0.3 is 5.97 Å². The van der Waals surface area contributed by atoms with Crippen LogP contribution in [-0.4, -0.2) is 22.3 Å². The number of aldehydes is 1. The number of rotatable bonds is 4. The van der Waals surface area contributed by atoms with Gasteiger partial charge in [-0.25, -0.2) is 0 Å². The molecule has 0 aliphatic rings. The summed E-state index contributed by atoms with van der Waals surface area (Å²) in [5, 5.41) is 8.60. The molecule has 1 rings (SSSR count). The second kappa shape index (κ2) is 3.89. The topological polar surface area (TPSA) is 70.2 Å². The van der Waals surface area contributed by atoms with E-state index in [0.29, 0.717) is 17.5 Å². The van der Waals surface area contributed by atoms with E-state index in [1.165, 1.54) is 0 Å². The van der Waals surface area contributed by atoms with E-state index in [2.05, 4.69) is 4.98 Å². The van der Waals surface area contributed by atoms with Crippen LogP contribution in [0.1, 0.15) is 28.5 Å². The highest BCUT2D eigenvalue weighted by Gasteiger charge is 2.12. The number of hydrogen-bond acceptors (Lipinski definition) is 2. The first kappa shape index (κ1) is 9.51. The third kappa shape index (κ3) is 1.96. The van der Waals surface area contributed by atoms with Gasteiger partial charge in [0.1, 0.15) is 0 Å². The minimum atomic E-state index is -0.919. The van der Waals surface area contributed by atoms with Crippen molar-refractivity contribution in [2.75, 3.05) is 0 Å². The molecule has 0 radical (unpaired) electrons. The lowest BCUT2D eigenvalue weighted by Crippen LogP contribution is -2.03. The molecule has 4 nitrogen and oxygen atoms in total. The van der Waals surface area contributed by atoms with Gasteiger partial charge in [0.15, 0.2) is 6.29 Å². The SMILES string of the molecule is CCc1c[nH]c(C=O)c1CC(=O)O. The zero-order chi connectivity index (χ0) is 9.84. The fraction of sp³-hybridized carbons (Fsp3) is 0.333. The van der Waals surface area contributed by atoms with E-state index in [1.807, 2.05) is 6.92 Å². The van der Waals surface area contributed by atoms with Crippen LogP contribution < -0.4 is 0 Å². The number of hydrogen-bond donors (Lipinski definition) is 2. The molecule has 0 bridgehead atoms. The van der Waals surface area contributed by atoms with Crippen LogP contribution in [0, 0.1) is 0 Å². The Bertz CT molecular complexity index is 328. The molecule has 13 heavy (non-hydrogen) atoms. The van der Waals surface area contributed by atoms with E-state index in [9.17, 15) is 9.59 Å². The number of nitrogens with one attached hydrogen (secondary N) is 1. The summed E-state index contributed by atoms with van der Waals surface area (Å²) in [5.74, 6) is -0.919. The monoisotopic (exact) mass is 181 g/mol. The van der Waals surface area contributed by atoms with Gasteiger partial charge < -0.3 is 10.1 Å². The molecule has 0 aromatic carbocycles. The van der Waals surface area contributed by atoms with Crippen LogP contribution in [0.3, 0.4) is 0 Å². The number of carboxylic acid groups (broad SMARTS) is 1. The lowest BCUT2D eigenvalue weighted by Gasteiger charge is -1.97. The fourth-order valence-electron chi connectivity index (χ4n) is 1.29. The van der Waals surface area contributed by atoms with Crippen LogP contribution >= 0.6 is 0 Å². The average molecular weight is 181 g/mol. The number of aliphatic carboxylic acids is 1. The molecular formula is C9H11NO3. The minimum Gasteiger partial charge on any atom is -0.481 e. The molecule has 0 saturated heterocycles. The Morgan fingerprint density at radius 2 is 2.38 bits per heavy atom. The average Bonchev–Trinajstić information content (AvgIpc) is 2.46. The molecule has 1 heterocycles. The van der Waals surface area contributed by atoms with Crippen molar-refractivity contribution in [3.8, 4) is 0 Å². The molecular weight excluding hydrogens is 170 g/mol. The molecule has 0 aliphatic carbocycles. The first-order valence-corrected chi connectivity index (χ1v) is 4.05. The quantitative estimate of drug-likeness (QED) is 0.681. The van der Waals surface area contributed by atoms with Crippen LogP contribution in [-0.2, 0) is 17.6 Å². The Labute approximate surface area is 75.6 Å².